The fourth-order valence-electron chi connectivity index (χ4n) is 2.44. The molecule has 1 unspecified atom stereocenters. The molecule has 3 N–H and O–H groups in total. The van der Waals surface area contributed by atoms with Gasteiger partial charge in [0.05, 0.1) is 15.0 Å². The van der Waals surface area contributed by atoms with E-state index < -0.39 is 4.92 Å². The molecule has 1 heterocycles. The van der Waals surface area contributed by atoms with Crippen LogP contribution in [0.15, 0.2) is 24.4 Å². The summed E-state index contributed by atoms with van der Waals surface area (Å²) in [6.07, 6.45) is 3.71. The van der Waals surface area contributed by atoms with Crippen LogP contribution in [0.1, 0.15) is 23.3 Å². The Morgan fingerprint density at radius 2 is 2.08 bits per heavy atom. The van der Waals surface area contributed by atoms with Crippen LogP contribution in [0.2, 0.25) is 10.0 Å². The van der Waals surface area contributed by atoms with Crippen LogP contribution in [0, 0.1) is 16.0 Å². The first kappa shape index (κ1) is 17.7. The zero-order valence-electron chi connectivity index (χ0n) is 13.0. The predicted molar refractivity (Wildman–Crippen MR) is 93.3 cm³/mol. The maximum absolute atomic E-state index is 12.2. The van der Waals surface area contributed by atoms with Gasteiger partial charge < -0.3 is 11.1 Å². The molecule has 1 saturated carbocycles. The van der Waals surface area contributed by atoms with Crippen LogP contribution in [-0.4, -0.2) is 33.2 Å². The van der Waals surface area contributed by atoms with E-state index in [0.29, 0.717) is 12.5 Å². The van der Waals surface area contributed by atoms with Crippen LogP contribution >= 0.6 is 23.2 Å². The second-order valence-corrected chi connectivity index (χ2v) is 6.69. The lowest BCUT2D eigenvalue weighted by Crippen LogP contribution is -2.38. The van der Waals surface area contributed by atoms with Crippen LogP contribution in [0.25, 0.3) is 5.69 Å². The third kappa shape index (κ3) is 3.92. The Labute approximate surface area is 153 Å². The van der Waals surface area contributed by atoms with E-state index in [9.17, 15) is 14.9 Å². The number of hydrogen-bond donors (Lipinski definition) is 2. The van der Waals surface area contributed by atoms with E-state index in [-0.39, 0.29) is 39.1 Å². The second kappa shape index (κ2) is 6.99. The van der Waals surface area contributed by atoms with E-state index in [2.05, 4.69) is 10.4 Å². The lowest BCUT2D eigenvalue weighted by molar-refractivity contribution is -0.384. The summed E-state index contributed by atoms with van der Waals surface area (Å²) < 4.78 is 1.31. The van der Waals surface area contributed by atoms with Gasteiger partial charge in [-0.15, -0.1) is 0 Å². The molecule has 1 amide bonds. The highest BCUT2D eigenvalue weighted by Crippen LogP contribution is 2.33. The Balaban J connectivity index is 1.76. The largest absolute Gasteiger partial charge is 0.349 e. The number of non-ortho nitro benzene ring substituents is 1. The van der Waals surface area contributed by atoms with Crippen molar-refractivity contribution < 1.29 is 9.72 Å². The third-order valence-corrected chi connectivity index (χ3v) is 4.57. The molecule has 1 atom stereocenters. The molecule has 0 bridgehead atoms. The van der Waals surface area contributed by atoms with Crippen LogP contribution in [0.3, 0.4) is 0 Å². The quantitative estimate of drug-likeness (QED) is 0.587. The number of nitrogens with two attached hydrogens (primary N) is 1. The minimum Gasteiger partial charge on any atom is -0.349 e. The second-order valence-electron chi connectivity index (χ2n) is 5.87. The van der Waals surface area contributed by atoms with E-state index in [1.165, 1.54) is 29.1 Å². The number of nitrogens with zero attached hydrogens (tertiary/aromatic N) is 3. The van der Waals surface area contributed by atoms with E-state index >= 15 is 0 Å². The number of nitrogens with one attached hydrogen (secondary N) is 1. The van der Waals surface area contributed by atoms with E-state index in [0.717, 1.165) is 12.8 Å². The topological polar surface area (TPSA) is 116 Å². The van der Waals surface area contributed by atoms with E-state index in [1.54, 1.807) is 0 Å². The predicted octanol–water partition coefficient (Wildman–Crippen LogP) is 2.55. The number of nitro groups is 1. The maximum Gasteiger partial charge on any atom is 0.272 e. The number of rotatable bonds is 6. The summed E-state index contributed by atoms with van der Waals surface area (Å²) in [4.78, 5) is 22.4. The molecule has 1 aromatic heterocycles. The zero-order chi connectivity index (χ0) is 18.1. The average molecular weight is 384 g/mol. The Kier molecular flexibility index (Phi) is 4.94. The van der Waals surface area contributed by atoms with E-state index in [4.69, 9.17) is 28.9 Å². The van der Waals surface area contributed by atoms with Crippen LogP contribution in [0.4, 0.5) is 5.69 Å². The normalized spacial score (nSPS) is 15.0. The van der Waals surface area contributed by atoms with Crippen molar-refractivity contribution in [2.45, 2.75) is 18.9 Å². The minimum atomic E-state index is -0.591. The van der Waals surface area contributed by atoms with Gasteiger partial charge in [0.1, 0.15) is 5.69 Å². The molecule has 1 aliphatic carbocycles. The molecule has 10 heteroatoms. The molecule has 0 saturated heterocycles. The molecule has 8 nitrogen and oxygen atoms in total. The average Bonchev–Trinajstić information content (AvgIpc) is 3.30. The number of benzene rings is 1. The summed E-state index contributed by atoms with van der Waals surface area (Å²) in [6, 6.07) is 3.81. The van der Waals surface area contributed by atoms with Gasteiger partial charge in [-0.2, -0.15) is 5.10 Å². The smallest absolute Gasteiger partial charge is 0.272 e. The summed E-state index contributed by atoms with van der Waals surface area (Å²) in [6.45, 7) is 0.384. The molecule has 3 rings (SSSR count). The van der Waals surface area contributed by atoms with Crippen molar-refractivity contribution in [2.75, 3.05) is 6.54 Å². The fraction of sp³-hybridized carbons (Fsp3) is 0.333. The summed E-state index contributed by atoms with van der Waals surface area (Å²) in [5.74, 6) is 0.125. The van der Waals surface area contributed by atoms with Gasteiger partial charge in [0.15, 0.2) is 5.69 Å². The number of carbonyl (C=O) groups excluding carboxylic acids is 1. The highest BCUT2D eigenvalue weighted by Gasteiger charge is 2.28. The van der Waals surface area contributed by atoms with Gasteiger partial charge in [-0.05, 0) is 24.8 Å². The number of hydrogen-bond acceptors (Lipinski definition) is 5. The molecule has 25 heavy (non-hydrogen) atoms. The van der Waals surface area contributed by atoms with Crippen molar-refractivity contribution >= 4 is 34.8 Å². The summed E-state index contributed by atoms with van der Waals surface area (Å²) in [7, 11) is 0. The maximum atomic E-state index is 12.2. The van der Waals surface area contributed by atoms with Gasteiger partial charge in [-0.25, -0.2) is 4.68 Å². The van der Waals surface area contributed by atoms with Gasteiger partial charge in [0.25, 0.3) is 11.6 Å². The van der Waals surface area contributed by atoms with Gasteiger partial charge in [0.2, 0.25) is 0 Å². The molecular weight excluding hydrogens is 369 g/mol. The Bertz CT molecular complexity index is 811. The van der Waals surface area contributed by atoms with E-state index in [1.807, 2.05) is 0 Å². The van der Waals surface area contributed by atoms with Crippen molar-refractivity contribution in [1.29, 1.82) is 0 Å². The highest BCUT2D eigenvalue weighted by atomic mass is 35.5. The van der Waals surface area contributed by atoms with Crippen molar-refractivity contribution in [1.82, 2.24) is 15.1 Å². The first-order valence-electron chi connectivity index (χ1n) is 7.60. The third-order valence-electron chi connectivity index (χ3n) is 3.99. The lowest BCUT2D eigenvalue weighted by atomic mass is 10.2. The molecule has 1 aromatic carbocycles. The zero-order valence-corrected chi connectivity index (χ0v) is 14.5. The number of amides is 1. The SMILES string of the molecule is NC(CNC(=O)c1ccn(-c2c(Cl)cc([N+](=O)[O-])cc2Cl)n1)C1CC1. The molecule has 1 fully saturated rings. The number of carbonyl (C=O) groups is 1. The van der Waals surface area contributed by atoms with Crippen LogP contribution in [-0.2, 0) is 0 Å². The number of nitro benzene ring substituents is 1. The molecule has 0 radical (unpaired) electrons. The first-order valence-corrected chi connectivity index (χ1v) is 8.35. The molecule has 132 valence electrons. The monoisotopic (exact) mass is 383 g/mol. The molecular formula is C15H15Cl2N5O3. The van der Waals surface area contributed by atoms with Gasteiger partial charge in [-0.1, -0.05) is 23.2 Å². The van der Waals surface area contributed by atoms with Gasteiger partial charge >= 0.3 is 0 Å². The van der Waals surface area contributed by atoms with Crippen molar-refractivity contribution in [3.05, 3.63) is 50.2 Å². The van der Waals surface area contributed by atoms with Crippen LogP contribution < -0.4 is 11.1 Å². The van der Waals surface area contributed by atoms with Crippen molar-refractivity contribution in [3.63, 3.8) is 0 Å². The molecule has 0 spiro atoms. The summed E-state index contributed by atoms with van der Waals surface area (Å²) in [5.41, 5.74) is 6.17. The lowest BCUT2D eigenvalue weighted by Gasteiger charge is -2.10. The Morgan fingerprint density at radius 1 is 1.44 bits per heavy atom. The van der Waals surface area contributed by atoms with Gasteiger partial charge in [-0.3, -0.25) is 14.9 Å². The molecule has 0 aliphatic heterocycles. The highest BCUT2D eigenvalue weighted by molar-refractivity contribution is 6.38. The van der Waals surface area contributed by atoms with Crippen LogP contribution in [0.5, 0.6) is 0 Å². The van der Waals surface area contributed by atoms with Gasteiger partial charge in [0, 0.05) is 30.9 Å². The van der Waals surface area contributed by atoms with Crippen molar-refractivity contribution in [3.8, 4) is 5.69 Å². The minimum absolute atomic E-state index is 0.0513. The summed E-state index contributed by atoms with van der Waals surface area (Å²) >= 11 is 12.2. The van der Waals surface area contributed by atoms with Crippen molar-refractivity contribution in [2.24, 2.45) is 11.7 Å². The number of halogens is 2. The Hall–Kier alpha value is -2.16. The molecule has 2 aromatic rings. The first-order chi connectivity index (χ1) is 11.9. The summed E-state index contributed by atoms with van der Waals surface area (Å²) in [5, 5.41) is 17.8. The molecule has 1 aliphatic rings. The Morgan fingerprint density at radius 3 is 2.64 bits per heavy atom. The fourth-order valence-corrected chi connectivity index (χ4v) is 3.09. The standard InChI is InChI=1S/C15H15Cl2N5O3/c16-10-5-9(22(24)25)6-11(17)14(10)21-4-3-13(20-21)15(23)19-7-12(18)8-1-2-8/h3-6,8,12H,1-2,7,18H2,(H,19,23). The number of aromatic nitrogens is 2.